The fourth-order valence-corrected chi connectivity index (χ4v) is 5.31. The molecule has 0 saturated carbocycles. The molecule has 0 radical (unpaired) electrons. The molecular formula is C29H35FN4O4S. The van der Waals surface area contributed by atoms with Crippen molar-refractivity contribution < 1.29 is 22.4 Å². The maximum absolute atomic E-state index is 14.1. The van der Waals surface area contributed by atoms with E-state index in [1.54, 1.807) is 19.1 Å². The molecule has 0 fully saturated rings. The van der Waals surface area contributed by atoms with Gasteiger partial charge < -0.3 is 10.2 Å². The highest BCUT2D eigenvalue weighted by atomic mass is 32.2. The van der Waals surface area contributed by atoms with Gasteiger partial charge in [-0.1, -0.05) is 54.6 Å². The van der Waals surface area contributed by atoms with E-state index in [1.807, 2.05) is 43.3 Å². The number of carbonyl (C=O) groups is 2. The zero-order chi connectivity index (χ0) is 28.7. The van der Waals surface area contributed by atoms with E-state index < -0.39 is 40.4 Å². The van der Waals surface area contributed by atoms with Crippen LogP contribution in [0.15, 0.2) is 72.8 Å². The molecule has 10 heteroatoms. The molecule has 0 spiro atoms. The van der Waals surface area contributed by atoms with Gasteiger partial charge in [0.15, 0.2) is 0 Å². The zero-order valence-corrected chi connectivity index (χ0v) is 23.7. The summed E-state index contributed by atoms with van der Waals surface area (Å²) >= 11 is 0. The van der Waals surface area contributed by atoms with Crippen LogP contribution in [0.2, 0.25) is 0 Å². The lowest BCUT2D eigenvalue weighted by Crippen LogP contribution is -2.54. The van der Waals surface area contributed by atoms with Gasteiger partial charge in [-0.15, -0.1) is 0 Å². The van der Waals surface area contributed by atoms with Crippen molar-refractivity contribution in [2.75, 3.05) is 32.0 Å². The van der Waals surface area contributed by atoms with Crippen molar-refractivity contribution in [3.05, 3.63) is 101 Å². The molecule has 0 aliphatic rings. The molecule has 1 atom stereocenters. The molecule has 3 rings (SSSR count). The van der Waals surface area contributed by atoms with E-state index in [1.165, 1.54) is 50.3 Å². The minimum Gasteiger partial charge on any atom is -0.357 e. The molecule has 0 unspecified atom stereocenters. The molecule has 1 N–H and O–H groups in total. The predicted molar refractivity (Wildman–Crippen MR) is 151 cm³/mol. The third-order valence-corrected chi connectivity index (χ3v) is 8.24. The minimum absolute atomic E-state index is 0.0211. The van der Waals surface area contributed by atoms with E-state index in [4.69, 9.17) is 0 Å². The molecule has 208 valence electrons. The first kappa shape index (κ1) is 29.8. The second-order valence-electron chi connectivity index (χ2n) is 9.55. The average Bonchev–Trinajstić information content (AvgIpc) is 2.91. The molecule has 0 saturated heterocycles. The van der Waals surface area contributed by atoms with Gasteiger partial charge in [0.2, 0.25) is 11.8 Å². The van der Waals surface area contributed by atoms with Crippen molar-refractivity contribution in [3.8, 4) is 0 Å². The van der Waals surface area contributed by atoms with Gasteiger partial charge >= 0.3 is 10.2 Å². The first-order valence-corrected chi connectivity index (χ1v) is 13.9. The number of nitrogens with one attached hydrogen (secondary N) is 1. The van der Waals surface area contributed by atoms with Gasteiger partial charge in [-0.05, 0) is 54.3 Å². The van der Waals surface area contributed by atoms with E-state index in [0.29, 0.717) is 16.8 Å². The number of anilines is 1. The first-order valence-electron chi connectivity index (χ1n) is 12.5. The van der Waals surface area contributed by atoms with Crippen LogP contribution in [0.1, 0.15) is 22.3 Å². The number of rotatable bonds is 11. The van der Waals surface area contributed by atoms with Crippen LogP contribution in [-0.2, 0) is 32.8 Å². The maximum Gasteiger partial charge on any atom is 0.304 e. The molecule has 0 aliphatic carbocycles. The van der Waals surface area contributed by atoms with Crippen molar-refractivity contribution in [1.82, 2.24) is 14.5 Å². The Morgan fingerprint density at radius 2 is 1.56 bits per heavy atom. The third-order valence-electron chi connectivity index (χ3n) is 6.44. The molecule has 0 bridgehead atoms. The lowest BCUT2D eigenvalue weighted by molar-refractivity contribution is -0.139. The number of halogens is 1. The van der Waals surface area contributed by atoms with E-state index in [0.717, 1.165) is 19.7 Å². The largest absolute Gasteiger partial charge is 0.357 e. The highest BCUT2D eigenvalue weighted by molar-refractivity contribution is 7.90. The molecule has 39 heavy (non-hydrogen) atoms. The van der Waals surface area contributed by atoms with Gasteiger partial charge in [-0.2, -0.15) is 12.7 Å². The van der Waals surface area contributed by atoms with Crippen LogP contribution in [0.25, 0.3) is 0 Å². The number of benzene rings is 3. The van der Waals surface area contributed by atoms with Crippen LogP contribution in [0.4, 0.5) is 10.1 Å². The van der Waals surface area contributed by atoms with Gasteiger partial charge in [0.1, 0.15) is 18.4 Å². The molecule has 2 amide bonds. The topological polar surface area (TPSA) is 90.0 Å². The van der Waals surface area contributed by atoms with Crippen LogP contribution in [0.5, 0.6) is 0 Å². The summed E-state index contributed by atoms with van der Waals surface area (Å²) in [6.45, 7) is 3.06. The molecular weight excluding hydrogens is 519 g/mol. The Hall–Kier alpha value is -3.76. The first-order chi connectivity index (χ1) is 18.4. The van der Waals surface area contributed by atoms with Crippen molar-refractivity contribution in [2.24, 2.45) is 0 Å². The predicted octanol–water partition coefficient (Wildman–Crippen LogP) is 3.44. The van der Waals surface area contributed by atoms with Crippen LogP contribution >= 0.6 is 0 Å². The standard InChI is InChI=1S/C29H35FN4O4S/c1-21-11-12-22(2)26(17-21)34(39(37,38)32(4)5)20-28(35)33(19-24-13-15-25(30)16-14-24)27(29(36)31-3)18-23-9-7-6-8-10-23/h6-17,27H,18-20H2,1-5H3,(H,31,36)/t27-/m0/s1. The quantitative estimate of drug-likeness (QED) is 0.393. The van der Waals surface area contributed by atoms with Crippen molar-refractivity contribution in [1.29, 1.82) is 0 Å². The number of carbonyl (C=O) groups excluding carboxylic acids is 2. The van der Waals surface area contributed by atoms with E-state index in [2.05, 4.69) is 5.32 Å². The van der Waals surface area contributed by atoms with E-state index >= 15 is 0 Å². The van der Waals surface area contributed by atoms with Crippen molar-refractivity contribution in [3.63, 3.8) is 0 Å². The maximum atomic E-state index is 14.1. The summed E-state index contributed by atoms with van der Waals surface area (Å²) in [6, 6.07) is 19.3. The number of aryl methyl sites for hydroxylation is 2. The summed E-state index contributed by atoms with van der Waals surface area (Å²) in [7, 11) is 0.206. The lowest BCUT2D eigenvalue weighted by atomic mass is 10.0. The number of hydrogen-bond acceptors (Lipinski definition) is 4. The molecule has 8 nitrogen and oxygen atoms in total. The highest BCUT2D eigenvalue weighted by Crippen LogP contribution is 2.26. The van der Waals surface area contributed by atoms with Crippen molar-refractivity contribution in [2.45, 2.75) is 32.9 Å². The third kappa shape index (κ3) is 7.42. The summed E-state index contributed by atoms with van der Waals surface area (Å²) in [5.74, 6) is -1.40. The van der Waals surface area contributed by atoms with E-state index in [-0.39, 0.29) is 13.0 Å². The van der Waals surface area contributed by atoms with Gasteiger partial charge in [0, 0.05) is 34.1 Å². The molecule has 3 aromatic rings. The monoisotopic (exact) mass is 554 g/mol. The SMILES string of the molecule is CNC(=O)[C@H](Cc1ccccc1)N(Cc1ccc(F)cc1)C(=O)CN(c1cc(C)ccc1C)S(=O)(=O)N(C)C. The number of amides is 2. The van der Waals surface area contributed by atoms with Gasteiger partial charge in [0.25, 0.3) is 0 Å². The van der Waals surface area contributed by atoms with Gasteiger partial charge in [0.05, 0.1) is 5.69 Å². The number of likely N-dealkylation sites (N-methyl/N-ethyl adjacent to an activating group) is 1. The Balaban J connectivity index is 2.09. The second kappa shape index (κ2) is 12.9. The van der Waals surface area contributed by atoms with Crippen LogP contribution < -0.4 is 9.62 Å². The average molecular weight is 555 g/mol. The van der Waals surface area contributed by atoms with Crippen LogP contribution in [0, 0.1) is 19.7 Å². The molecule has 0 heterocycles. The Kier molecular flexibility index (Phi) is 9.82. The summed E-state index contributed by atoms with van der Waals surface area (Å²) in [5.41, 5.74) is 3.31. The fraction of sp³-hybridized carbons (Fsp3) is 0.310. The van der Waals surface area contributed by atoms with E-state index in [9.17, 15) is 22.4 Å². The van der Waals surface area contributed by atoms with Gasteiger partial charge in [-0.25, -0.2) is 8.70 Å². The Bertz CT molecular complexity index is 1400. The summed E-state index contributed by atoms with van der Waals surface area (Å²) in [6.07, 6.45) is 0.206. The summed E-state index contributed by atoms with van der Waals surface area (Å²) < 4.78 is 42.7. The molecule has 3 aromatic carbocycles. The fourth-order valence-electron chi connectivity index (χ4n) is 4.20. The normalized spacial score (nSPS) is 12.2. The zero-order valence-electron chi connectivity index (χ0n) is 22.9. The smallest absolute Gasteiger partial charge is 0.304 e. The highest BCUT2D eigenvalue weighted by Gasteiger charge is 2.34. The number of nitrogens with zero attached hydrogens (tertiary/aromatic N) is 3. The number of hydrogen-bond donors (Lipinski definition) is 1. The van der Waals surface area contributed by atoms with Crippen LogP contribution in [-0.4, -0.2) is 63.2 Å². The van der Waals surface area contributed by atoms with Gasteiger partial charge in [-0.3, -0.25) is 9.59 Å². The Morgan fingerprint density at radius 1 is 0.923 bits per heavy atom. The second-order valence-corrected chi connectivity index (χ2v) is 11.6. The minimum atomic E-state index is -4.08. The molecule has 0 aromatic heterocycles. The Morgan fingerprint density at radius 3 is 2.15 bits per heavy atom. The van der Waals surface area contributed by atoms with Crippen LogP contribution in [0.3, 0.4) is 0 Å². The molecule has 0 aliphatic heterocycles. The Labute approximate surface area is 230 Å². The summed E-state index contributed by atoms with van der Waals surface area (Å²) in [4.78, 5) is 28.6. The lowest BCUT2D eigenvalue weighted by Gasteiger charge is -2.34. The van der Waals surface area contributed by atoms with Crippen molar-refractivity contribution >= 4 is 27.7 Å². The summed E-state index contributed by atoms with van der Waals surface area (Å²) in [5, 5.41) is 2.63.